The summed E-state index contributed by atoms with van der Waals surface area (Å²) in [5, 5.41) is 10.6. The third-order valence-corrected chi connectivity index (χ3v) is 5.12. The molecule has 1 aliphatic rings. The summed E-state index contributed by atoms with van der Waals surface area (Å²) in [7, 11) is 6.28. The maximum atomic E-state index is 12.7. The van der Waals surface area contributed by atoms with Gasteiger partial charge in [0, 0.05) is 5.57 Å². The van der Waals surface area contributed by atoms with E-state index >= 15 is 0 Å². The number of aliphatic hydroxyl groups excluding tert-OH is 1. The molecule has 0 heterocycles. The summed E-state index contributed by atoms with van der Waals surface area (Å²) in [6.45, 7) is 0. The zero-order chi connectivity index (χ0) is 22.4. The largest absolute Gasteiger partial charge is 0.507 e. The summed E-state index contributed by atoms with van der Waals surface area (Å²) in [6, 6.07) is 10.9. The summed E-state index contributed by atoms with van der Waals surface area (Å²) < 4.78 is 21.1. The lowest BCUT2D eigenvalue weighted by molar-refractivity contribution is -0.111. The van der Waals surface area contributed by atoms with Crippen LogP contribution in [0.4, 0.5) is 0 Å². The maximum absolute atomic E-state index is 12.7. The van der Waals surface area contributed by atoms with E-state index in [4.69, 9.17) is 18.9 Å². The number of hydrogen-bond donors (Lipinski definition) is 1. The lowest BCUT2D eigenvalue weighted by Crippen LogP contribution is -1.98. The predicted octanol–water partition coefficient (Wildman–Crippen LogP) is 4.99. The Morgan fingerprint density at radius 1 is 0.806 bits per heavy atom. The molecular weight excluding hydrogens is 396 g/mol. The van der Waals surface area contributed by atoms with Gasteiger partial charge in [-0.2, -0.15) is 0 Å². The molecule has 6 heteroatoms. The molecule has 2 aromatic carbocycles. The minimum Gasteiger partial charge on any atom is -0.507 e. The smallest absolute Gasteiger partial charge is 0.185 e. The lowest BCUT2D eigenvalue weighted by atomic mass is 10.1. The molecule has 0 saturated carbocycles. The molecular formula is C25H26O6. The molecule has 3 rings (SSSR count). The predicted molar refractivity (Wildman–Crippen MR) is 120 cm³/mol. The third kappa shape index (κ3) is 4.91. The molecule has 0 atom stereocenters. The Morgan fingerprint density at radius 3 is 1.94 bits per heavy atom. The highest BCUT2D eigenvalue weighted by atomic mass is 16.5. The third-order valence-electron chi connectivity index (χ3n) is 5.12. The molecule has 1 N–H and O–H groups in total. The van der Waals surface area contributed by atoms with Crippen molar-refractivity contribution < 1.29 is 28.8 Å². The second kappa shape index (κ2) is 9.89. The Bertz CT molecular complexity index is 1060. The van der Waals surface area contributed by atoms with E-state index in [0.29, 0.717) is 41.4 Å². The standard InChI is InChI=1S/C25H26O6/c1-28-21-11-6-16(14-23(21)30-3)5-10-20(26)19-9-8-18(25(19)27)13-17-7-12-22(29-2)24(15-17)31-4/h5-7,10-15,27H,8-9H2,1-4H3/b10-5+,18-13+. The number of hydrogen-bond acceptors (Lipinski definition) is 6. The summed E-state index contributed by atoms with van der Waals surface area (Å²) in [6.07, 6.45) is 6.09. The van der Waals surface area contributed by atoms with E-state index in [-0.39, 0.29) is 11.5 Å². The summed E-state index contributed by atoms with van der Waals surface area (Å²) in [4.78, 5) is 12.7. The highest BCUT2D eigenvalue weighted by Gasteiger charge is 2.23. The average Bonchev–Trinajstić information content (AvgIpc) is 3.16. The molecule has 0 bridgehead atoms. The minimum absolute atomic E-state index is 0.0387. The van der Waals surface area contributed by atoms with Gasteiger partial charge >= 0.3 is 0 Å². The maximum Gasteiger partial charge on any atom is 0.185 e. The van der Waals surface area contributed by atoms with Crippen LogP contribution in [0.2, 0.25) is 0 Å². The van der Waals surface area contributed by atoms with Gasteiger partial charge < -0.3 is 24.1 Å². The minimum atomic E-state index is -0.219. The second-order valence-electron chi connectivity index (χ2n) is 6.92. The first kappa shape index (κ1) is 22.0. The van der Waals surface area contributed by atoms with Gasteiger partial charge in [-0.1, -0.05) is 18.2 Å². The molecule has 6 nitrogen and oxygen atoms in total. The number of benzene rings is 2. The van der Waals surface area contributed by atoms with E-state index < -0.39 is 0 Å². The first-order valence-corrected chi connectivity index (χ1v) is 9.80. The number of ether oxygens (including phenoxy) is 4. The molecule has 2 aromatic rings. The molecule has 31 heavy (non-hydrogen) atoms. The van der Waals surface area contributed by atoms with E-state index in [0.717, 1.165) is 16.7 Å². The Kier molecular flexibility index (Phi) is 7.03. The van der Waals surface area contributed by atoms with Crippen LogP contribution in [0.3, 0.4) is 0 Å². The van der Waals surface area contributed by atoms with Crippen molar-refractivity contribution in [2.24, 2.45) is 0 Å². The van der Waals surface area contributed by atoms with Crippen LogP contribution < -0.4 is 18.9 Å². The van der Waals surface area contributed by atoms with Crippen LogP contribution in [0.1, 0.15) is 24.0 Å². The number of aliphatic hydroxyl groups is 1. The van der Waals surface area contributed by atoms with Gasteiger partial charge in [-0.15, -0.1) is 0 Å². The van der Waals surface area contributed by atoms with E-state index in [1.54, 1.807) is 52.7 Å². The number of carbonyl (C=O) groups excluding carboxylic acids is 1. The number of carbonyl (C=O) groups is 1. The monoisotopic (exact) mass is 422 g/mol. The van der Waals surface area contributed by atoms with Gasteiger partial charge in [-0.05, 0) is 66.0 Å². The van der Waals surface area contributed by atoms with Gasteiger partial charge in [0.25, 0.3) is 0 Å². The van der Waals surface area contributed by atoms with Crippen LogP contribution in [-0.2, 0) is 4.79 Å². The molecule has 0 aliphatic heterocycles. The Balaban J connectivity index is 1.80. The molecule has 0 radical (unpaired) electrons. The van der Waals surface area contributed by atoms with Crippen LogP contribution in [-0.4, -0.2) is 39.3 Å². The SMILES string of the molecule is COc1ccc(/C=C/C(=O)C2=C(O)/C(=C/c3ccc(OC)c(OC)c3)CC2)cc1OC. The summed E-state index contributed by atoms with van der Waals surface area (Å²) in [5.41, 5.74) is 2.78. The zero-order valence-electron chi connectivity index (χ0n) is 18.1. The fourth-order valence-electron chi connectivity index (χ4n) is 3.44. The number of rotatable bonds is 8. The van der Waals surface area contributed by atoms with E-state index in [1.165, 1.54) is 6.08 Å². The van der Waals surface area contributed by atoms with E-state index in [1.807, 2.05) is 24.3 Å². The Labute approximate surface area is 182 Å². The topological polar surface area (TPSA) is 74.2 Å². The van der Waals surface area contributed by atoms with Crippen molar-refractivity contribution in [2.75, 3.05) is 28.4 Å². The Hall–Kier alpha value is -3.67. The normalized spacial score (nSPS) is 14.9. The van der Waals surface area contributed by atoms with Crippen molar-refractivity contribution in [2.45, 2.75) is 12.8 Å². The molecule has 0 unspecified atom stereocenters. The van der Waals surface area contributed by atoms with Gasteiger partial charge in [-0.25, -0.2) is 0 Å². The average molecular weight is 422 g/mol. The van der Waals surface area contributed by atoms with Gasteiger partial charge in [0.1, 0.15) is 5.76 Å². The molecule has 0 amide bonds. The number of ketones is 1. The molecule has 1 aliphatic carbocycles. The van der Waals surface area contributed by atoms with Crippen LogP contribution in [0, 0.1) is 0 Å². The van der Waals surface area contributed by atoms with Crippen molar-refractivity contribution in [3.8, 4) is 23.0 Å². The Morgan fingerprint density at radius 2 is 1.35 bits per heavy atom. The fourth-order valence-corrected chi connectivity index (χ4v) is 3.44. The highest BCUT2D eigenvalue weighted by molar-refractivity contribution is 6.07. The summed E-state index contributed by atoms with van der Waals surface area (Å²) >= 11 is 0. The van der Waals surface area contributed by atoms with Gasteiger partial charge in [0.15, 0.2) is 28.8 Å². The van der Waals surface area contributed by atoms with Gasteiger partial charge in [0.05, 0.1) is 28.4 Å². The quantitative estimate of drug-likeness (QED) is 0.604. The van der Waals surface area contributed by atoms with Crippen LogP contribution in [0.25, 0.3) is 12.2 Å². The van der Waals surface area contributed by atoms with Crippen molar-refractivity contribution in [3.05, 3.63) is 70.5 Å². The number of allylic oxidation sites excluding steroid dienone is 3. The second-order valence-corrected chi connectivity index (χ2v) is 6.92. The van der Waals surface area contributed by atoms with Crippen LogP contribution in [0.15, 0.2) is 59.4 Å². The fraction of sp³-hybridized carbons (Fsp3) is 0.240. The van der Waals surface area contributed by atoms with Crippen LogP contribution >= 0.6 is 0 Å². The van der Waals surface area contributed by atoms with Crippen molar-refractivity contribution in [1.29, 1.82) is 0 Å². The molecule has 0 spiro atoms. The molecule has 162 valence electrons. The number of methoxy groups -OCH3 is 4. The van der Waals surface area contributed by atoms with Gasteiger partial charge in [-0.3, -0.25) is 4.79 Å². The molecule has 0 fully saturated rings. The molecule has 0 saturated heterocycles. The first-order chi connectivity index (χ1) is 15.0. The van der Waals surface area contributed by atoms with Crippen LogP contribution in [0.5, 0.6) is 23.0 Å². The van der Waals surface area contributed by atoms with Crippen molar-refractivity contribution in [1.82, 2.24) is 0 Å². The van der Waals surface area contributed by atoms with Gasteiger partial charge in [0.2, 0.25) is 0 Å². The summed E-state index contributed by atoms with van der Waals surface area (Å²) in [5.74, 6) is 2.26. The van der Waals surface area contributed by atoms with E-state index in [9.17, 15) is 9.90 Å². The van der Waals surface area contributed by atoms with Crippen molar-refractivity contribution in [3.63, 3.8) is 0 Å². The lowest BCUT2D eigenvalue weighted by Gasteiger charge is -2.08. The molecule has 0 aromatic heterocycles. The first-order valence-electron chi connectivity index (χ1n) is 9.80. The van der Waals surface area contributed by atoms with Crippen molar-refractivity contribution >= 4 is 17.9 Å². The zero-order valence-corrected chi connectivity index (χ0v) is 18.1. The van der Waals surface area contributed by atoms with E-state index in [2.05, 4.69) is 0 Å². The highest BCUT2D eigenvalue weighted by Crippen LogP contribution is 2.34.